The zero-order chi connectivity index (χ0) is 18.6. The standard InChI is InChI=1S/C20H21NO5/c22-13-12-18(19(23)25-14-16-8-4-1-2-5-9-16)21-20(24)26-15-17-10-6-3-7-11-17/h4,6,8-11,13,18H,1,3,7,12,14-15H2,(H,21,24)/t18-/m0/s1. The Morgan fingerprint density at radius 1 is 1.15 bits per heavy atom. The van der Waals surface area contributed by atoms with E-state index in [2.05, 4.69) is 17.2 Å². The maximum atomic E-state index is 12.1. The lowest BCUT2D eigenvalue weighted by molar-refractivity contribution is -0.145. The fourth-order valence-corrected chi connectivity index (χ4v) is 2.28. The maximum Gasteiger partial charge on any atom is 0.408 e. The number of aldehydes is 1. The summed E-state index contributed by atoms with van der Waals surface area (Å²) in [6.07, 6.45) is 13.3. The molecule has 0 saturated heterocycles. The summed E-state index contributed by atoms with van der Waals surface area (Å²) < 4.78 is 10.3. The van der Waals surface area contributed by atoms with Gasteiger partial charge in [0.2, 0.25) is 0 Å². The van der Waals surface area contributed by atoms with E-state index < -0.39 is 18.1 Å². The summed E-state index contributed by atoms with van der Waals surface area (Å²) in [5, 5.41) is 2.37. The number of alkyl carbamates (subject to hydrolysis) is 1. The zero-order valence-electron chi connectivity index (χ0n) is 14.4. The Bertz CT molecular complexity index is 718. The van der Waals surface area contributed by atoms with Crippen LogP contribution in [0.15, 0.2) is 47.6 Å². The van der Waals surface area contributed by atoms with Gasteiger partial charge < -0.3 is 19.6 Å². The molecule has 0 radical (unpaired) electrons. The fourth-order valence-electron chi connectivity index (χ4n) is 2.28. The van der Waals surface area contributed by atoms with Crippen molar-refractivity contribution in [3.8, 4) is 11.8 Å². The van der Waals surface area contributed by atoms with E-state index in [-0.39, 0.29) is 19.6 Å². The molecule has 0 spiro atoms. The predicted octanol–water partition coefficient (Wildman–Crippen LogP) is 2.38. The summed E-state index contributed by atoms with van der Waals surface area (Å²) >= 11 is 0. The molecule has 0 aliphatic heterocycles. The minimum absolute atomic E-state index is 0.0216. The van der Waals surface area contributed by atoms with Crippen LogP contribution in [-0.4, -0.2) is 37.6 Å². The molecule has 26 heavy (non-hydrogen) atoms. The maximum absolute atomic E-state index is 12.1. The largest absolute Gasteiger partial charge is 0.459 e. The second-order valence-corrected chi connectivity index (χ2v) is 5.69. The molecule has 0 fully saturated rings. The monoisotopic (exact) mass is 355 g/mol. The Balaban J connectivity index is 1.81. The molecule has 2 aliphatic rings. The molecule has 0 bridgehead atoms. The van der Waals surface area contributed by atoms with Crippen molar-refractivity contribution in [1.82, 2.24) is 5.32 Å². The van der Waals surface area contributed by atoms with Crippen LogP contribution < -0.4 is 5.32 Å². The Morgan fingerprint density at radius 2 is 1.96 bits per heavy atom. The van der Waals surface area contributed by atoms with Crippen molar-refractivity contribution in [1.29, 1.82) is 0 Å². The number of ether oxygens (including phenoxy) is 2. The molecule has 2 aliphatic carbocycles. The van der Waals surface area contributed by atoms with Gasteiger partial charge in [-0.25, -0.2) is 9.59 Å². The fraction of sp³-hybridized carbons (Fsp3) is 0.350. The SMILES string of the molecule is O=CC[C@H](NC(=O)OCC1=CCCC=C1)C(=O)OCC1=CC#CCC=C1. The van der Waals surface area contributed by atoms with Gasteiger partial charge >= 0.3 is 12.1 Å². The molecule has 2 rings (SSSR count). The van der Waals surface area contributed by atoms with E-state index in [0.717, 1.165) is 24.0 Å². The van der Waals surface area contributed by atoms with Gasteiger partial charge in [-0.2, -0.15) is 0 Å². The first kappa shape index (κ1) is 19.3. The molecular formula is C20H21NO5. The molecule has 0 unspecified atom stereocenters. The van der Waals surface area contributed by atoms with Crippen LogP contribution in [0.1, 0.15) is 25.7 Å². The lowest BCUT2D eigenvalue weighted by Crippen LogP contribution is -2.42. The normalized spacial score (nSPS) is 16.2. The average Bonchev–Trinajstić information content (AvgIpc) is 2.94. The van der Waals surface area contributed by atoms with E-state index >= 15 is 0 Å². The van der Waals surface area contributed by atoms with Crippen molar-refractivity contribution >= 4 is 18.3 Å². The van der Waals surface area contributed by atoms with Gasteiger partial charge in [-0.15, -0.1) is 0 Å². The van der Waals surface area contributed by atoms with Gasteiger partial charge in [-0.3, -0.25) is 0 Å². The van der Waals surface area contributed by atoms with E-state index in [9.17, 15) is 14.4 Å². The van der Waals surface area contributed by atoms with Crippen molar-refractivity contribution in [3.05, 3.63) is 47.6 Å². The Labute approximate surface area is 152 Å². The van der Waals surface area contributed by atoms with E-state index in [1.807, 2.05) is 30.4 Å². The molecule has 0 heterocycles. The second-order valence-electron chi connectivity index (χ2n) is 5.69. The van der Waals surface area contributed by atoms with Crippen LogP contribution in [0.25, 0.3) is 0 Å². The van der Waals surface area contributed by atoms with Crippen LogP contribution >= 0.6 is 0 Å². The highest BCUT2D eigenvalue weighted by molar-refractivity contribution is 5.83. The number of carbonyl (C=O) groups excluding carboxylic acids is 3. The van der Waals surface area contributed by atoms with Crippen LogP contribution in [0.4, 0.5) is 4.79 Å². The Hall–Kier alpha value is -3.07. The van der Waals surface area contributed by atoms with Gasteiger partial charge in [-0.05, 0) is 30.1 Å². The number of hydrogen-bond acceptors (Lipinski definition) is 5. The van der Waals surface area contributed by atoms with Crippen molar-refractivity contribution in [2.24, 2.45) is 0 Å². The number of nitrogens with one attached hydrogen (secondary N) is 1. The van der Waals surface area contributed by atoms with E-state index in [1.165, 1.54) is 0 Å². The zero-order valence-corrected chi connectivity index (χ0v) is 14.4. The third kappa shape index (κ3) is 6.81. The summed E-state index contributed by atoms with van der Waals surface area (Å²) in [6, 6.07) is -1.09. The van der Waals surface area contributed by atoms with E-state index in [1.54, 1.807) is 6.08 Å². The lowest BCUT2D eigenvalue weighted by atomic mass is 10.1. The molecule has 0 aromatic rings. The third-order valence-corrected chi connectivity index (χ3v) is 3.64. The highest BCUT2D eigenvalue weighted by atomic mass is 16.6. The number of allylic oxidation sites excluding steroid dienone is 4. The number of carbonyl (C=O) groups is 3. The molecule has 0 aromatic carbocycles. The van der Waals surface area contributed by atoms with E-state index in [4.69, 9.17) is 9.47 Å². The van der Waals surface area contributed by atoms with Gasteiger partial charge in [0.25, 0.3) is 0 Å². The number of hydrogen-bond donors (Lipinski definition) is 1. The Morgan fingerprint density at radius 3 is 2.73 bits per heavy atom. The second kappa shape index (κ2) is 10.7. The number of amides is 1. The predicted molar refractivity (Wildman–Crippen MR) is 96.0 cm³/mol. The van der Waals surface area contributed by atoms with Crippen molar-refractivity contribution in [2.75, 3.05) is 13.2 Å². The molecule has 136 valence electrons. The Kier molecular flexibility index (Phi) is 7.94. The summed E-state index contributed by atoms with van der Waals surface area (Å²) in [7, 11) is 0. The minimum atomic E-state index is -1.09. The molecule has 6 heteroatoms. The van der Waals surface area contributed by atoms with Crippen LogP contribution in [0.2, 0.25) is 0 Å². The topological polar surface area (TPSA) is 81.7 Å². The highest BCUT2D eigenvalue weighted by Gasteiger charge is 2.23. The first-order valence-electron chi connectivity index (χ1n) is 8.42. The number of rotatable bonds is 8. The van der Waals surface area contributed by atoms with Crippen molar-refractivity contribution in [2.45, 2.75) is 31.7 Å². The van der Waals surface area contributed by atoms with Crippen molar-refractivity contribution < 1.29 is 23.9 Å². The van der Waals surface area contributed by atoms with Crippen LogP contribution in [0.5, 0.6) is 0 Å². The third-order valence-electron chi connectivity index (χ3n) is 3.64. The lowest BCUT2D eigenvalue weighted by Gasteiger charge is -2.16. The molecule has 1 amide bonds. The minimum Gasteiger partial charge on any atom is -0.459 e. The first-order chi connectivity index (χ1) is 12.7. The van der Waals surface area contributed by atoms with Crippen LogP contribution in [-0.2, 0) is 19.1 Å². The first-order valence-corrected chi connectivity index (χ1v) is 8.42. The van der Waals surface area contributed by atoms with Gasteiger partial charge in [0.1, 0.15) is 25.5 Å². The quantitative estimate of drug-likeness (QED) is 0.411. The summed E-state index contributed by atoms with van der Waals surface area (Å²) in [4.78, 5) is 34.8. The van der Waals surface area contributed by atoms with Gasteiger partial charge in [0.15, 0.2) is 0 Å². The molecule has 1 atom stereocenters. The van der Waals surface area contributed by atoms with E-state index in [0.29, 0.717) is 12.7 Å². The molecule has 0 aromatic heterocycles. The van der Waals surface area contributed by atoms with Gasteiger partial charge in [-0.1, -0.05) is 42.2 Å². The molecule has 6 nitrogen and oxygen atoms in total. The summed E-state index contributed by atoms with van der Waals surface area (Å²) in [5.74, 6) is 5.03. The molecule has 0 saturated carbocycles. The summed E-state index contributed by atoms with van der Waals surface area (Å²) in [6.45, 7) is 0.134. The molecule has 1 N–H and O–H groups in total. The van der Waals surface area contributed by atoms with Gasteiger partial charge in [0, 0.05) is 12.8 Å². The summed E-state index contributed by atoms with van der Waals surface area (Å²) in [5.41, 5.74) is 1.64. The highest BCUT2D eigenvalue weighted by Crippen LogP contribution is 2.10. The van der Waals surface area contributed by atoms with Crippen LogP contribution in [0.3, 0.4) is 0 Å². The van der Waals surface area contributed by atoms with Crippen LogP contribution in [0, 0.1) is 11.8 Å². The molecular weight excluding hydrogens is 334 g/mol. The smallest absolute Gasteiger partial charge is 0.408 e. The van der Waals surface area contributed by atoms with Gasteiger partial charge in [0.05, 0.1) is 0 Å². The number of esters is 1. The van der Waals surface area contributed by atoms with Crippen molar-refractivity contribution in [3.63, 3.8) is 0 Å². The average molecular weight is 355 g/mol.